The van der Waals surface area contributed by atoms with Gasteiger partial charge in [0.1, 0.15) is 0 Å². The number of guanidine groups is 1. The first kappa shape index (κ1) is 20.9. The molecule has 2 N–H and O–H groups in total. The zero-order valence-electron chi connectivity index (χ0n) is 15.5. The first-order valence-corrected chi connectivity index (χ1v) is 10.2. The third-order valence-electron chi connectivity index (χ3n) is 5.24. The maximum atomic E-state index is 4.41. The first-order valence-electron chi connectivity index (χ1n) is 9.37. The van der Waals surface area contributed by atoms with Crippen molar-refractivity contribution in [2.45, 2.75) is 64.0 Å². The van der Waals surface area contributed by atoms with Crippen molar-refractivity contribution in [1.82, 2.24) is 20.5 Å². The van der Waals surface area contributed by atoms with E-state index in [1.807, 2.05) is 13.2 Å². The molecule has 0 radical (unpaired) electrons. The molecule has 1 aromatic rings. The van der Waals surface area contributed by atoms with Crippen LogP contribution in [0, 0.1) is 6.92 Å². The number of aromatic nitrogens is 1. The predicted molar refractivity (Wildman–Crippen MR) is 117 cm³/mol. The molecule has 7 heteroatoms. The van der Waals surface area contributed by atoms with Crippen LogP contribution in [-0.2, 0) is 6.42 Å². The molecule has 1 saturated heterocycles. The van der Waals surface area contributed by atoms with Crippen molar-refractivity contribution in [2.24, 2.45) is 4.99 Å². The Morgan fingerprint density at radius 3 is 2.60 bits per heavy atom. The zero-order valence-corrected chi connectivity index (χ0v) is 18.6. The number of hydrogen-bond acceptors (Lipinski definition) is 4. The molecule has 2 aliphatic rings. The number of rotatable bonds is 5. The second-order valence-electron chi connectivity index (χ2n) is 7.01. The standard InChI is InChI=1S/C18H31N5S.HI/c1-14-13-21-17(24-14)7-10-20-18(19-2)22-15-8-11-23(12-9-15)16-5-3-4-6-16;/h13,15-16H,3-12H2,1-2H3,(H2,19,20,22);1H. The summed E-state index contributed by atoms with van der Waals surface area (Å²) in [6, 6.07) is 1.42. The van der Waals surface area contributed by atoms with Gasteiger partial charge in [-0.15, -0.1) is 35.3 Å². The number of aryl methyl sites for hydroxylation is 1. The average Bonchev–Trinajstić information content (AvgIpc) is 3.26. The molecule has 2 heterocycles. The van der Waals surface area contributed by atoms with Gasteiger partial charge in [0.25, 0.3) is 0 Å². The Kier molecular flexibility index (Phi) is 8.92. The Morgan fingerprint density at radius 2 is 2.00 bits per heavy atom. The lowest BCUT2D eigenvalue weighted by molar-refractivity contribution is 0.150. The molecule has 0 aromatic carbocycles. The van der Waals surface area contributed by atoms with E-state index >= 15 is 0 Å². The highest BCUT2D eigenvalue weighted by molar-refractivity contribution is 14.0. The lowest BCUT2D eigenvalue weighted by atomic mass is 10.0. The molecule has 0 bridgehead atoms. The number of hydrogen-bond donors (Lipinski definition) is 2. The van der Waals surface area contributed by atoms with E-state index in [1.54, 1.807) is 11.3 Å². The normalized spacial score (nSPS) is 20.5. The molecule has 0 spiro atoms. The summed E-state index contributed by atoms with van der Waals surface area (Å²) in [5.41, 5.74) is 0. The molecule has 0 amide bonds. The number of nitrogens with one attached hydrogen (secondary N) is 2. The number of thiazole rings is 1. The summed E-state index contributed by atoms with van der Waals surface area (Å²) in [6.45, 7) is 5.45. The summed E-state index contributed by atoms with van der Waals surface area (Å²) >= 11 is 1.78. The molecule has 0 unspecified atom stereocenters. The summed E-state index contributed by atoms with van der Waals surface area (Å²) in [7, 11) is 1.86. The van der Waals surface area contributed by atoms with Gasteiger partial charge in [0.15, 0.2) is 5.96 Å². The fourth-order valence-electron chi connectivity index (χ4n) is 3.87. The molecule has 1 saturated carbocycles. The highest BCUT2D eigenvalue weighted by Gasteiger charge is 2.27. The van der Waals surface area contributed by atoms with Crippen molar-refractivity contribution in [3.63, 3.8) is 0 Å². The van der Waals surface area contributed by atoms with Gasteiger partial charge < -0.3 is 15.5 Å². The Labute approximate surface area is 173 Å². The minimum Gasteiger partial charge on any atom is -0.356 e. The Morgan fingerprint density at radius 1 is 1.28 bits per heavy atom. The number of likely N-dealkylation sites (tertiary alicyclic amines) is 1. The molecule has 2 fully saturated rings. The van der Waals surface area contributed by atoms with E-state index in [2.05, 4.69) is 32.4 Å². The van der Waals surface area contributed by atoms with Crippen LogP contribution in [-0.4, -0.2) is 54.6 Å². The Hall–Kier alpha value is -0.410. The number of halogens is 1. The van der Waals surface area contributed by atoms with E-state index in [0.29, 0.717) is 6.04 Å². The van der Waals surface area contributed by atoms with Crippen molar-refractivity contribution in [3.8, 4) is 0 Å². The van der Waals surface area contributed by atoms with Gasteiger partial charge in [0.05, 0.1) is 5.01 Å². The van der Waals surface area contributed by atoms with Gasteiger partial charge in [0.2, 0.25) is 0 Å². The maximum Gasteiger partial charge on any atom is 0.191 e. The Bertz CT molecular complexity index is 533. The van der Waals surface area contributed by atoms with E-state index in [1.165, 1.54) is 61.5 Å². The molecular weight excluding hydrogens is 445 g/mol. The molecule has 1 aliphatic carbocycles. The largest absolute Gasteiger partial charge is 0.356 e. The number of nitrogens with zero attached hydrogens (tertiary/aromatic N) is 3. The quantitative estimate of drug-likeness (QED) is 0.389. The second-order valence-corrected chi connectivity index (χ2v) is 8.33. The van der Waals surface area contributed by atoms with Crippen LogP contribution in [0.5, 0.6) is 0 Å². The van der Waals surface area contributed by atoms with Crippen LogP contribution in [0.4, 0.5) is 0 Å². The van der Waals surface area contributed by atoms with E-state index in [4.69, 9.17) is 0 Å². The van der Waals surface area contributed by atoms with Crippen molar-refractivity contribution >= 4 is 41.3 Å². The molecule has 142 valence electrons. The monoisotopic (exact) mass is 477 g/mol. The molecule has 3 rings (SSSR count). The van der Waals surface area contributed by atoms with Crippen LogP contribution in [0.2, 0.25) is 0 Å². The van der Waals surface area contributed by atoms with Crippen LogP contribution >= 0.6 is 35.3 Å². The minimum absolute atomic E-state index is 0. The van der Waals surface area contributed by atoms with E-state index in [-0.39, 0.29) is 24.0 Å². The summed E-state index contributed by atoms with van der Waals surface area (Å²) in [5.74, 6) is 0.933. The Balaban J connectivity index is 0.00000225. The van der Waals surface area contributed by atoms with Crippen LogP contribution in [0.15, 0.2) is 11.2 Å². The smallest absolute Gasteiger partial charge is 0.191 e. The number of piperidine rings is 1. The summed E-state index contributed by atoms with van der Waals surface area (Å²) in [6.07, 6.45) is 11.0. The molecule has 25 heavy (non-hydrogen) atoms. The highest BCUT2D eigenvalue weighted by atomic mass is 127. The topological polar surface area (TPSA) is 52.6 Å². The molecular formula is C18H32IN5S. The van der Waals surface area contributed by atoms with E-state index in [0.717, 1.165) is 25.0 Å². The summed E-state index contributed by atoms with van der Waals surface area (Å²) in [5, 5.41) is 8.23. The highest BCUT2D eigenvalue weighted by Crippen LogP contribution is 2.26. The average molecular weight is 477 g/mol. The van der Waals surface area contributed by atoms with Gasteiger partial charge in [-0.05, 0) is 32.6 Å². The van der Waals surface area contributed by atoms with Gasteiger partial charge in [-0.25, -0.2) is 4.98 Å². The van der Waals surface area contributed by atoms with Gasteiger partial charge in [-0.1, -0.05) is 12.8 Å². The van der Waals surface area contributed by atoms with Crippen molar-refractivity contribution in [3.05, 3.63) is 16.1 Å². The SMILES string of the molecule is CN=C(NCCc1ncc(C)s1)NC1CCN(C2CCCC2)CC1.I. The van der Waals surface area contributed by atoms with E-state index < -0.39 is 0 Å². The molecule has 1 aromatic heterocycles. The van der Waals surface area contributed by atoms with Crippen molar-refractivity contribution in [2.75, 3.05) is 26.7 Å². The van der Waals surface area contributed by atoms with Gasteiger partial charge in [0, 0.05) is 56.3 Å². The number of aliphatic imine (C=N–C) groups is 1. The first-order chi connectivity index (χ1) is 11.7. The fraction of sp³-hybridized carbons (Fsp3) is 0.778. The zero-order chi connectivity index (χ0) is 16.8. The predicted octanol–water partition coefficient (Wildman–Crippen LogP) is 3.18. The lowest BCUT2D eigenvalue weighted by Gasteiger charge is -2.36. The fourth-order valence-corrected chi connectivity index (χ4v) is 4.66. The van der Waals surface area contributed by atoms with Gasteiger partial charge in [-0.3, -0.25) is 4.99 Å². The second kappa shape index (κ2) is 10.7. The summed E-state index contributed by atoms with van der Waals surface area (Å²) in [4.78, 5) is 12.8. The van der Waals surface area contributed by atoms with Crippen LogP contribution in [0.25, 0.3) is 0 Å². The molecule has 5 nitrogen and oxygen atoms in total. The maximum absolute atomic E-state index is 4.41. The van der Waals surface area contributed by atoms with E-state index in [9.17, 15) is 0 Å². The van der Waals surface area contributed by atoms with Crippen molar-refractivity contribution in [1.29, 1.82) is 0 Å². The third kappa shape index (κ3) is 6.36. The molecule has 1 aliphatic heterocycles. The molecule has 0 atom stereocenters. The summed E-state index contributed by atoms with van der Waals surface area (Å²) < 4.78 is 0. The minimum atomic E-state index is 0. The van der Waals surface area contributed by atoms with Crippen LogP contribution in [0.3, 0.4) is 0 Å². The van der Waals surface area contributed by atoms with Crippen LogP contribution < -0.4 is 10.6 Å². The lowest BCUT2D eigenvalue weighted by Crippen LogP contribution is -2.50. The third-order valence-corrected chi connectivity index (χ3v) is 6.21. The van der Waals surface area contributed by atoms with Gasteiger partial charge in [-0.2, -0.15) is 0 Å². The van der Waals surface area contributed by atoms with Crippen LogP contribution in [0.1, 0.15) is 48.4 Å². The van der Waals surface area contributed by atoms with Gasteiger partial charge >= 0.3 is 0 Å². The van der Waals surface area contributed by atoms with Crippen molar-refractivity contribution < 1.29 is 0 Å².